The Labute approximate surface area is 145 Å². The largest absolute Gasteiger partial charge is 0.416 e. The summed E-state index contributed by atoms with van der Waals surface area (Å²) in [6.07, 6.45) is -4.53. The SMILES string of the molecule is O=C1SC[C@]2(C(=O)Nc3ccccc32)N1c1cccc(C(F)(F)F)c1. The number of hydrogen-bond donors (Lipinski definition) is 1. The molecule has 0 aliphatic carbocycles. The van der Waals surface area contributed by atoms with Crippen molar-refractivity contribution >= 4 is 34.3 Å². The molecule has 2 aliphatic rings. The van der Waals surface area contributed by atoms with Crippen molar-refractivity contribution in [1.82, 2.24) is 0 Å². The normalized spacial score (nSPS) is 22.4. The third kappa shape index (κ3) is 2.24. The minimum Gasteiger partial charge on any atom is -0.323 e. The fourth-order valence-electron chi connectivity index (χ4n) is 3.26. The van der Waals surface area contributed by atoms with Crippen LogP contribution < -0.4 is 10.2 Å². The Balaban J connectivity index is 1.89. The third-order valence-electron chi connectivity index (χ3n) is 4.40. The summed E-state index contributed by atoms with van der Waals surface area (Å²) in [5, 5.41) is 2.27. The van der Waals surface area contributed by atoms with Crippen LogP contribution in [0.15, 0.2) is 48.5 Å². The number of fused-ring (bicyclic) bond motifs is 2. The van der Waals surface area contributed by atoms with Crippen molar-refractivity contribution in [3.63, 3.8) is 0 Å². The zero-order valence-electron chi connectivity index (χ0n) is 12.6. The first-order chi connectivity index (χ1) is 11.8. The number of para-hydroxylation sites is 1. The lowest BCUT2D eigenvalue weighted by atomic mass is 9.91. The standard InChI is InChI=1S/C17H11F3N2O2S/c18-17(19,20)10-4-3-5-11(8-10)22-15(24)25-9-16(22)12-6-1-2-7-13(12)21-14(16)23/h1-8H,9H2,(H,21,23)/t16-/m0/s1. The maximum atomic E-state index is 13.0. The maximum absolute atomic E-state index is 13.0. The molecule has 2 amide bonds. The molecule has 0 unspecified atom stereocenters. The van der Waals surface area contributed by atoms with Crippen LogP contribution in [-0.2, 0) is 16.5 Å². The van der Waals surface area contributed by atoms with Gasteiger partial charge in [-0.3, -0.25) is 14.5 Å². The minimum atomic E-state index is -4.53. The molecule has 2 aromatic rings. The van der Waals surface area contributed by atoms with Gasteiger partial charge >= 0.3 is 6.18 Å². The number of halogens is 3. The van der Waals surface area contributed by atoms with Gasteiger partial charge in [-0.25, -0.2) is 0 Å². The Morgan fingerprint density at radius 2 is 1.84 bits per heavy atom. The average molecular weight is 364 g/mol. The van der Waals surface area contributed by atoms with E-state index in [2.05, 4.69) is 5.32 Å². The Hall–Kier alpha value is -2.48. The number of rotatable bonds is 1. The Kier molecular flexibility index (Phi) is 3.37. The van der Waals surface area contributed by atoms with E-state index in [1.54, 1.807) is 24.3 Å². The van der Waals surface area contributed by atoms with Gasteiger partial charge in [0.2, 0.25) is 0 Å². The number of benzene rings is 2. The van der Waals surface area contributed by atoms with Crippen molar-refractivity contribution in [2.24, 2.45) is 0 Å². The first kappa shape index (κ1) is 16.0. The summed E-state index contributed by atoms with van der Waals surface area (Å²) in [5.41, 5.74) is -0.980. The number of alkyl halides is 3. The van der Waals surface area contributed by atoms with E-state index in [1.807, 2.05) is 0 Å². The van der Waals surface area contributed by atoms with Crippen molar-refractivity contribution in [2.75, 3.05) is 16.0 Å². The summed E-state index contributed by atoms with van der Waals surface area (Å²) in [4.78, 5) is 26.4. The van der Waals surface area contributed by atoms with Crippen molar-refractivity contribution in [2.45, 2.75) is 11.7 Å². The molecule has 1 saturated heterocycles. The van der Waals surface area contributed by atoms with E-state index in [4.69, 9.17) is 0 Å². The smallest absolute Gasteiger partial charge is 0.323 e. The highest BCUT2D eigenvalue weighted by Crippen LogP contribution is 2.50. The predicted octanol–water partition coefficient (Wildman–Crippen LogP) is 4.23. The van der Waals surface area contributed by atoms with Crippen molar-refractivity contribution < 1.29 is 22.8 Å². The van der Waals surface area contributed by atoms with Gasteiger partial charge in [0.15, 0.2) is 5.54 Å². The Morgan fingerprint density at radius 1 is 1.08 bits per heavy atom. The summed E-state index contributed by atoms with van der Waals surface area (Å²) >= 11 is 0.922. The molecule has 4 nitrogen and oxygen atoms in total. The van der Waals surface area contributed by atoms with Gasteiger partial charge in [0, 0.05) is 22.7 Å². The molecule has 128 valence electrons. The van der Waals surface area contributed by atoms with E-state index in [-0.39, 0.29) is 11.4 Å². The topological polar surface area (TPSA) is 49.4 Å². The highest BCUT2D eigenvalue weighted by Gasteiger charge is 2.58. The summed E-state index contributed by atoms with van der Waals surface area (Å²) < 4.78 is 39.1. The van der Waals surface area contributed by atoms with E-state index < -0.39 is 28.4 Å². The number of hydrogen-bond acceptors (Lipinski definition) is 3. The second-order valence-electron chi connectivity index (χ2n) is 5.80. The first-order valence-corrected chi connectivity index (χ1v) is 8.38. The molecule has 2 heterocycles. The molecule has 1 atom stereocenters. The quantitative estimate of drug-likeness (QED) is 0.824. The number of anilines is 2. The molecule has 1 spiro atoms. The van der Waals surface area contributed by atoms with Gasteiger partial charge in [-0.15, -0.1) is 0 Å². The number of nitrogens with zero attached hydrogens (tertiary/aromatic N) is 1. The van der Waals surface area contributed by atoms with Crippen LogP contribution in [0.3, 0.4) is 0 Å². The lowest BCUT2D eigenvalue weighted by Crippen LogP contribution is -2.50. The molecule has 0 saturated carbocycles. The van der Waals surface area contributed by atoms with E-state index in [0.29, 0.717) is 11.3 Å². The highest BCUT2D eigenvalue weighted by molar-refractivity contribution is 8.14. The average Bonchev–Trinajstić information content (AvgIpc) is 3.06. The Bertz CT molecular complexity index is 899. The van der Waals surface area contributed by atoms with E-state index >= 15 is 0 Å². The number of nitrogens with one attached hydrogen (secondary N) is 1. The molecule has 2 aliphatic heterocycles. The number of carbonyl (C=O) groups excluding carboxylic acids is 2. The van der Waals surface area contributed by atoms with Gasteiger partial charge in [0.05, 0.1) is 5.56 Å². The highest BCUT2D eigenvalue weighted by atomic mass is 32.2. The predicted molar refractivity (Wildman–Crippen MR) is 88.5 cm³/mol. The summed E-state index contributed by atoms with van der Waals surface area (Å²) in [6.45, 7) is 0. The molecular formula is C17H11F3N2O2S. The number of carbonyl (C=O) groups is 2. The molecule has 8 heteroatoms. The summed E-state index contributed by atoms with van der Waals surface area (Å²) in [5.74, 6) is -0.269. The zero-order valence-corrected chi connectivity index (χ0v) is 13.4. The molecular weight excluding hydrogens is 353 g/mol. The van der Waals surface area contributed by atoms with Gasteiger partial charge in [-0.1, -0.05) is 36.0 Å². The number of thioether (sulfide) groups is 1. The van der Waals surface area contributed by atoms with E-state index in [0.717, 1.165) is 23.9 Å². The Morgan fingerprint density at radius 3 is 2.60 bits per heavy atom. The van der Waals surface area contributed by atoms with Crippen molar-refractivity contribution in [3.8, 4) is 0 Å². The van der Waals surface area contributed by atoms with Gasteiger partial charge in [-0.2, -0.15) is 13.2 Å². The van der Waals surface area contributed by atoms with Gasteiger partial charge in [0.1, 0.15) is 0 Å². The van der Waals surface area contributed by atoms with E-state index in [9.17, 15) is 22.8 Å². The van der Waals surface area contributed by atoms with Crippen molar-refractivity contribution in [1.29, 1.82) is 0 Å². The maximum Gasteiger partial charge on any atom is 0.416 e. The second kappa shape index (κ2) is 5.26. The molecule has 0 bridgehead atoms. The van der Waals surface area contributed by atoms with Crippen LogP contribution >= 0.6 is 11.8 Å². The molecule has 25 heavy (non-hydrogen) atoms. The minimum absolute atomic E-state index is 0.0525. The van der Waals surface area contributed by atoms with Gasteiger partial charge in [0.25, 0.3) is 11.1 Å². The van der Waals surface area contributed by atoms with Crippen LogP contribution in [0, 0.1) is 0 Å². The third-order valence-corrected chi connectivity index (χ3v) is 5.39. The van der Waals surface area contributed by atoms with Gasteiger partial charge in [-0.05, 0) is 24.3 Å². The lowest BCUT2D eigenvalue weighted by molar-refractivity contribution is -0.137. The summed E-state index contributed by atoms with van der Waals surface area (Å²) in [7, 11) is 0. The van der Waals surface area contributed by atoms with E-state index in [1.165, 1.54) is 17.0 Å². The summed E-state index contributed by atoms with van der Waals surface area (Å²) in [6, 6.07) is 11.4. The molecule has 0 radical (unpaired) electrons. The first-order valence-electron chi connectivity index (χ1n) is 7.39. The van der Waals surface area contributed by atoms with Crippen LogP contribution in [-0.4, -0.2) is 16.9 Å². The number of amides is 2. The second-order valence-corrected chi connectivity index (χ2v) is 6.72. The molecule has 2 aromatic carbocycles. The zero-order chi connectivity index (χ0) is 17.8. The van der Waals surface area contributed by atoms with Crippen LogP contribution in [0.1, 0.15) is 11.1 Å². The molecule has 1 N–H and O–H groups in total. The molecule has 4 rings (SSSR count). The van der Waals surface area contributed by atoms with Crippen LogP contribution in [0.5, 0.6) is 0 Å². The van der Waals surface area contributed by atoms with Gasteiger partial charge < -0.3 is 5.32 Å². The molecule has 0 aromatic heterocycles. The van der Waals surface area contributed by atoms with Crippen molar-refractivity contribution in [3.05, 3.63) is 59.7 Å². The lowest BCUT2D eigenvalue weighted by Gasteiger charge is -2.32. The monoisotopic (exact) mass is 364 g/mol. The fraction of sp³-hybridized carbons (Fsp3) is 0.176. The van der Waals surface area contributed by atoms with Crippen LogP contribution in [0.25, 0.3) is 0 Å². The molecule has 1 fully saturated rings. The van der Waals surface area contributed by atoms with Crippen LogP contribution in [0.4, 0.5) is 29.3 Å². The fourth-order valence-corrected chi connectivity index (χ4v) is 4.40. The van der Waals surface area contributed by atoms with Crippen LogP contribution in [0.2, 0.25) is 0 Å².